The fourth-order valence-corrected chi connectivity index (χ4v) is 2.83. The molecule has 26 heavy (non-hydrogen) atoms. The molecule has 0 saturated carbocycles. The van der Waals surface area contributed by atoms with Crippen molar-refractivity contribution in [3.8, 4) is 0 Å². The highest BCUT2D eigenvalue weighted by atomic mass is 127. The fourth-order valence-electron chi connectivity index (χ4n) is 2.28. The van der Waals surface area contributed by atoms with Crippen LogP contribution in [0.25, 0.3) is 0 Å². The molecule has 0 radical (unpaired) electrons. The lowest BCUT2D eigenvalue weighted by Crippen LogP contribution is -2.41. The molecule has 0 aliphatic heterocycles. The molecule has 2 aromatic rings. The van der Waals surface area contributed by atoms with Crippen LogP contribution in [0, 0.1) is 17.4 Å². The van der Waals surface area contributed by atoms with Gasteiger partial charge in [-0.15, -0.1) is 0 Å². The summed E-state index contributed by atoms with van der Waals surface area (Å²) in [4.78, 5) is 35.7. The van der Waals surface area contributed by atoms with E-state index in [9.17, 15) is 14.4 Å². The van der Waals surface area contributed by atoms with Crippen molar-refractivity contribution in [1.29, 1.82) is 0 Å². The van der Waals surface area contributed by atoms with Crippen LogP contribution in [0.4, 0.5) is 5.69 Å². The number of carbonyl (C=O) groups excluding carboxylic acids is 3. The van der Waals surface area contributed by atoms with Crippen LogP contribution in [0.5, 0.6) is 0 Å². The van der Waals surface area contributed by atoms with Gasteiger partial charge in [0.25, 0.3) is 5.91 Å². The maximum absolute atomic E-state index is 12.0. The molecule has 6 nitrogen and oxygen atoms in total. The Bertz CT molecular complexity index is 837. The fraction of sp³-hybridized carbons (Fsp3) is 0.211. The van der Waals surface area contributed by atoms with Crippen LogP contribution in [-0.2, 0) is 9.59 Å². The van der Waals surface area contributed by atoms with Crippen molar-refractivity contribution in [2.24, 2.45) is 0 Å². The minimum atomic E-state index is -0.431. The van der Waals surface area contributed by atoms with Crippen LogP contribution in [0.2, 0.25) is 0 Å². The molecule has 136 valence electrons. The number of aryl methyl sites for hydroxylation is 2. The number of carbonyl (C=O) groups is 3. The Morgan fingerprint density at radius 2 is 1.65 bits per heavy atom. The molecule has 0 aliphatic carbocycles. The maximum atomic E-state index is 12.0. The Labute approximate surface area is 165 Å². The van der Waals surface area contributed by atoms with Crippen molar-refractivity contribution in [3.63, 3.8) is 0 Å². The van der Waals surface area contributed by atoms with E-state index in [0.29, 0.717) is 5.56 Å². The topological polar surface area (TPSA) is 87.3 Å². The number of hydrogen-bond acceptors (Lipinski definition) is 3. The van der Waals surface area contributed by atoms with Gasteiger partial charge in [0.05, 0.1) is 0 Å². The Balaban J connectivity index is 1.76. The second kappa shape index (κ2) is 9.33. The zero-order valence-corrected chi connectivity index (χ0v) is 16.7. The molecule has 0 fully saturated rings. The number of nitrogens with one attached hydrogen (secondary N) is 3. The predicted molar refractivity (Wildman–Crippen MR) is 109 cm³/mol. The average Bonchev–Trinajstić information content (AvgIpc) is 2.60. The van der Waals surface area contributed by atoms with Gasteiger partial charge in [0, 0.05) is 27.7 Å². The number of halogens is 1. The number of hydrazine groups is 1. The third-order valence-electron chi connectivity index (χ3n) is 3.64. The summed E-state index contributed by atoms with van der Waals surface area (Å²) in [6.45, 7) is 3.89. The van der Waals surface area contributed by atoms with Gasteiger partial charge < -0.3 is 5.32 Å². The van der Waals surface area contributed by atoms with Crippen LogP contribution in [0.3, 0.4) is 0 Å². The molecule has 0 unspecified atom stereocenters. The van der Waals surface area contributed by atoms with Crippen molar-refractivity contribution in [3.05, 3.63) is 62.7 Å². The van der Waals surface area contributed by atoms with Gasteiger partial charge in [-0.2, -0.15) is 0 Å². The average molecular weight is 465 g/mol. The van der Waals surface area contributed by atoms with Crippen molar-refractivity contribution in [2.45, 2.75) is 26.7 Å². The highest BCUT2D eigenvalue weighted by Gasteiger charge is 2.10. The molecule has 0 spiro atoms. The summed E-state index contributed by atoms with van der Waals surface area (Å²) in [6.07, 6.45) is 0.00159. The summed E-state index contributed by atoms with van der Waals surface area (Å²) in [5.74, 6) is -1.09. The second-order valence-corrected chi connectivity index (χ2v) is 7.12. The molecule has 0 aromatic heterocycles. The zero-order chi connectivity index (χ0) is 19.1. The molecule has 0 saturated heterocycles. The molecule has 7 heteroatoms. The molecule has 0 bridgehead atoms. The van der Waals surface area contributed by atoms with E-state index in [1.165, 1.54) is 0 Å². The zero-order valence-electron chi connectivity index (χ0n) is 14.6. The molecule has 0 aliphatic rings. The Morgan fingerprint density at radius 1 is 0.923 bits per heavy atom. The van der Waals surface area contributed by atoms with Crippen molar-refractivity contribution in [1.82, 2.24) is 10.9 Å². The van der Waals surface area contributed by atoms with Gasteiger partial charge in [-0.25, -0.2) is 0 Å². The quantitative estimate of drug-likeness (QED) is 0.469. The van der Waals surface area contributed by atoms with Gasteiger partial charge in [-0.3, -0.25) is 25.2 Å². The lowest BCUT2D eigenvalue weighted by molar-refractivity contribution is -0.124. The smallest absolute Gasteiger partial charge is 0.269 e. The number of amides is 3. The van der Waals surface area contributed by atoms with E-state index >= 15 is 0 Å². The van der Waals surface area contributed by atoms with E-state index in [2.05, 4.69) is 38.8 Å². The second-order valence-electron chi connectivity index (χ2n) is 5.88. The molecule has 3 amide bonds. The number of rotatable bonds is 5. The van der Waals surface area contributed by atoms with E-state index in [4.69, 9.17) is 0 Å². The van der Waals surface area contributed by atoms with E-state index in [1.807, 2.05) is 38.1 Å². The number of benzene rings is 2. The van der Waals surface area contributed by atoms with Crippen LogP contribution < -0.4 is 16.2 Å². The molecule has 2 rings (SSSR count). The summed E-state index contributed by atoms with van der Waals surface area (Å²) in [6, 6.07) is 12.7. The third kappa shape index (κ3) is 6.14. The van der Waals surface area contributed by atoms with Gasteiger partial charge in [0.15, 0.2) is 0 Å². The van der Waals surface area contributed by atoms with Crippen LogP contribution in [0.15, 0.2) is 42.5 Å². The van der Waals surface area contributed by atoms with E-state index in [-0.39, 0.29) is 18.7 Å². The van der Waals surface area contributed by atoms with Crippen molar-refractivity contribution >= 4 is 46.0 Å². The first-order valence-corrected chi connectivity index (χ1v) is 9.15. The molecule has 3 N–H and O–H groups in total. The van der Waals surface area contributed by atoms with Crippen LogP contribution in [-0.4, -0.2) is 17.7 Å². The van der Waals surface area contributed by atoms with E-state index in [1.54, 1.807) is 18.2 Å². The predicted octanol–water partition coefficient (Wildman–Crippen LogP) is 3.09. The first-order chi connectivity index (χ1) is 12.3. The molecule has 2 aromatic carbocycles. The lowest BCUT2D eigenvalue weighted by Gasteiger charge is -2.10. The van der Waals surface area contributed by atoms with Gasteiger partial charge in [-0.1, -0.05) is 23.8 Å². The summed E-state index contributed by atoms with van der Waals surface area (Å²) in [5, 5.41) is 2.78. The normalized spacial score (nSPS) is 10.1. The number of hydrogen-bond donors (Lipinski definition) is 3. The van der Waals surface area contributed by atoms with Crippen molar-refractivity contribution in [2.75, 3.05) is 5.32 Å². The van der Waals surface area contributed by atoms with Gasteiger partial charge in [0.2, 0.25) is 11.8 Å². The van der Waals surface area contributed by atoms with Gasteiger partial charge in [0.1, 0.15) is 0 Å². The van der Waals surface area contributed by atoms with Crippen molar-refractivity contribution < 1.29 is 14.4 Å². The number of anilines is 1. The summed E-state index contributed by atoms with van der Waals surface area (Å²) < 4.78 is 0.921. The van der Waals surface area contributed by atoms with Crippen LogP contribution in [0.1, 0.15) is 34.3 Å². The molecule has 0 atom stereocenters. The molecular formula is C19H20IN3O3. The highest BCUT2D eigenvalue weighted by Crippen LogP contribution is 2.16. The highest BCUT2D eigenvalue weighted by molar-refractivity contribution is 14.1. The van der Waals surface area contributed by atoms with Gasteiger partial charge in [-0.05, 0) is 66.3 Å². The summed E-state index contributed by atoms with van der Waals surface area (Å²) >= 11 is 2.10. The van der Waals surface area contributed by atoms with Crippen LogP contribution >= 0.6 is 22.6 Å². The Kier molecular flexibility index (Phi) is 7.14. The monoisotopic (exact) mass is 465 g/mol. The lowest BCUT2D eigenvalue weighted by atomic mass is 10.1. The first-order valence-electron chi connectivity index (χ1n) is 8.07. The van der Waals surface area contributed by atoms with E-state index < -0.39 is 11.8 Å². The SMILES string of the molecule is Cc1ccc(NC(=O)CCC(=O)NNC(=O)c2cccc(I)c2)c(C)c1. The standard InChI is InChI=1S/C19H20IN3O3/c1-12-6-7-16(13(2)10-12)21-17(24)8-9-18(25)22-23-19(26)14-4-3-5-15(20)11-14/h3-7,10-11H,8-9H2,1-2H3,(H,21,24)(H,22,25)(H,23,26). The molecular weight excluding hydrogens is 445 g/mol. The van der Waals surface area contributed by atoms with E-state index in [0.717, 1.165) is 20.4 Å². The minimum absolute atomic E-state index is 0.0245. The Hall–Kier alpha value is -2.42. The first kappa shape index (κ1) is 19.9. The molecule has 0 heterocycles. The largest absolute Gasteiger partial charge is 0.326 e. The third-order valence-corrected chi connectivity index (χ3v) is 4.31. The summed E-state index contributed by atoms with van der Waals surface area (Å²) in [7, 11) is 0. The summed E-state index contributed by atoms with van der Waals surface area (Å²) in [5.41, 5.74) is 7.92. The van der Waals surface area contributed by atoms with Gasteiger partial charge >= 0.3 is 0 Å². The Morgan fingerprint density at radius 3 is 2.35 bits per heavy atom. The maximum Gasteiger partial charge on any atom is 0.269 e. The minimum Gasteiger partial charge on any atom is -0.326 e.